The second-order valence-electron chi connectivity index (χ2n) is 5.82. The van der Waals surface area contributed by atoms with Gasteiger partial charge in [0.25, 0.3) is 0 Å². The molecule has 0 heterocycles. The molecule has 0 bridgehead atoms. The molecule has 0 fully saturated rings. The number of rotatable bonds is 7. The molecular weight excluding hydrogens is 276 g/mol. The minimum Gasteiger partial charge on any atom is -0.489 e. The quantitative estimate of drug-likeness (QED) is 0.689. The van der Waals surface area contributed by atoms with Gasteiger partial charge >= 0.3 is 0 Å². The molecule has 118 valence electrons. The average molecular weight is 300 g/mol. The van der Waals surface area contributed by atoms with Crippen LogP contribution in [0.5, 0.6) is 0 Å². The van der Waals surface area contributed by atoms with Crippen LogP contribution in [0.25, 0.3) is 0 Å². The van der Waals surface area contributed by atoms with Crippen LogP contribution in [0.3, 0.4) is 0 Å². The topological polar surface area (TPSA) is 43.4 Å². The van der Waals surface area contributed by atoms with E-state index in [0.717, 1.165) is 31.2 Å². The van der Waals surface area contributed by atoms with Crippen LogP contribution in [0.2, 0.25) is 0 Å². The number of carbonyl (C=O) groups excluding carboxylic acids is 2. The minimum absolute atomic E-state index is 0.0433. The predicted molar refractivity (Wildman–Crippen MR) is 87.3 cm³/mol. The van der Waals surface area contributed by atoms with Crippen molar-refractivity contribution in [1.29, 1.82) is 0 Å². The lowest BCUT2D eigenvalue weighted by molar-refractivity contribution is 0.0865. The number of fused-ring (bicyclic) bond motifs is 1. The van der Waals surface area contributed by atoms with Gasteiger partial charge in [0.15, 0.2) is 11.5 Å². The summed E-state index contributed by atoms with van der Waals surface area (Å²) in [5.74, 6) is 0.0957. The second kappa shape index (κ2) is 7.39. The summed E-state index contributed by atoms with van der Waals surface area (Å²) in [6, 6.07) is 5.42. The molecule has 1 aliphatic carbocycles. The number of allylic oxidation sites excluding steroid dienone is 2. The molecule has 3 nitrogen and oxygen atoms in total. The highest BCUT2D eigenvalue weighted by Crippen LogP contribution is 2.30. The molecule has 22 heavy (non-hydrogen) atoms. The molecule has 0 unspecified atom stereocenters. The summed E-state index contributed by atoms with van der Waals surface area (Å²) >= 11 is 0. The van der Waals surface area contributed by atoms with Crippen LogP contribution in [0.4, 0.5) is 0 Å². The van der Waals surface area contributed by atoms with Gasteiger partial charge in [0.05, 0.1) is 6.61 Å². The molecule has 1 aromatic carbocycles. The summed E-state index contributed by atoms with van der Waals surface area (Å²) in [5, 5.41) is 0. The number of carbonyl (C=O) groups is 2. The highest BCUT2D eigenvalue weighted by molar-refractivity contribution is 6.26. The number of aryl methyl sites for hydroxylation is 1. The summed E-state index contributed by atoms with van der Waals surface area (Å²) in [7, 11) is 0. The maximum absolute atomic E-state index is 12.8. The summed E-state index contributed by atoms with van der Waals surface area (Å²) in [5.41, 5.74) is 2.55. The molecule has 0 atom stereocenters. The molecule has 3 heteroatoms. The van der Waals surface area contributed by atoms with E-state index < -0.39 is 0 Å². The number of Topliss-reactive ketones (excluding diaryl/α,β-unsaturated/α-hetero) is 2. The number of ether oxygens (including phenoxy) is 1. The first-order chi connectivity index (χ1) is 10.6. The fourth-order valence-corrected chi connectivity index (χ4v) is 2.62. The van der Waals surface area contributed by atoms with Crippen LogP contribution in [0.15, 0.2) is 29.5 Å². The van der Waals surface area contributed by atoms with Gasteiger partial charge in [0, 0.05) is 16.7 Å². The fraction of sp³-hybridized carbons (Fsp3) is 0.474. The number of hydrogen-bond acceptors (Lipinski definition) is 3. The van der Waals surface area contributed by atoms with E-state index in [9.17, 15) is 9.59 Å². The highest BCUT2D eigenvalue weighted by Gasteiger charge is 2.33. The Kier molecular flexibility index (Phi) is 5.53. The van der Waals surface area contributed by atoms with Crippen LogP contribution in [0.1, 0.15) is 72.2 Å². The molecule has 0 radical (unpaired) electrons. The summed E-state index contributed by atoms with van der Waals surface area (Å²) in [6.45, 7) is 6.56. The standard InChI is InChI=1S/C19H24O3/c1-4-6-8-15-17(20)16-12-13(3)9-10-14(16)18(21)19(15)22-11-7-5-2/h9-10,12H,4-8,11H2,1-3H3. The molecule has 0 saturated carbocycles. The molecule has 0 aromatic heterocycles. The number of unbranched alkanes of at least 4 members (excludes halogenated alkanes) is 2. The third kappa shape index (κ3) is 3.29. The normalized spacial score (nSPS) is 14.3. The zero-order valence-electron chi connectivity index (χ0n) is 13.7. The van der Waals surface area contributed by atoms with Crippen molar-refractivity contribution < 1.29 is 14.3 Å². The van der Waals surface area contributed by atoms with Crippen molar-refractivity contribution in [2.75, 3.05) is 6.61 Å². The Morgan fingerprint density at radius 2 is 1.68 bits per heavy atom. The van der Waals surface area contributed by atoms with Crippen LogP contribution in [0, 0.1) is 6.92 Å². The van der Waals surface area contributed by atoms with E-state index in [2.05, 4.69) is 13.8 Å². The first-order valence-electron chi connectivity index (χ1n) is 8.16. The minimum atomic E-state index is -0.142. The van der Waals surface area contributed by atoms with E-state index in [1.54, 1.807) is 6.07 Å². The molecule has 1 aromatic rings. The van der Waals surface area contributed by atoms with Crippen molar-refractivity contribution in [2.45, 2.75) is 52.9 Å². The number of hydrogen-bond donors (Lipinski definition) is 0. The van der Waals surface area contributed by atoms with Crippen molar-refractivity contribution in [2.24, 2.45) is 0 Å². The summed E-state index contributed by atoms with van der Waals surface area (Å²) < 4.78 is 5.71. The Labute approximate surface area is 132 Å². The van der Waals surface area contributed by atoms with Crippen molar-refractivity contribution in [1.82, 2.24) is 0 Å². The van der Waals surface area contributed by atoms with Gasteiger partial charge in [-0.05, 0) is 38.3 Å². The molecule has 0 aliphatic heterocycles. The van der Waals surface area contributed by atoms with Crippen LogP contribution in [-0.2, 0) is 4.74 Å². The average Bonchev–Trinajstić information content (AvgIpc) is 2.51. The van der Waals surface area contributed by atoms with Crippen molar-refractivity contribution in [3.63, 3.8) is 0 Å². The van der Waals surface area contributed by atoms with E-state index in [0.29, 0.717) is 29.7 Å². The largest absolute Gasteiger partial charge is 0.489 e. The van der Waals surface area contributed by atoms with E-state index >= 15 is 0 Å². The maximum atomic E-state index is 12.8. The van der Waals surface area contributed by atoms with Crippen LogP contribution < -0.4 is 0 Å². The van der Waals surface area contributed by atoms with Crippen LogP contribution in [-0.4, -0.2) is 18.2 Å². The monoisotopic (exact) mass is 300 g/mol. The van der Waals surface area contributed by atoms with Gasteiger partial charge < -0.3 is 4.74 Å². The molecule has 0 saturated heterocycles. The first-order valence-corrected chi connectivity index (χ1v) is 8.16. The lowest BCUT2D eigenvalue weighted by Gasteiger charge is -2.21. The zero-order valence-corrected chi connectivity index (χ0v) is 13.7. The van der Waals surface area contributed by atoms with E-state index in [1.807, 2.05) is 19.1 Å². The Bertz CT molecular complexity index is 611. The van der Waals surface area contributed by atoms with E-state index in [1.165, 1.54) is 0 Å². The van der Waals surface area contributed by atoms with Gasteiger partial charge in [-0.1, -0.05) is 38.3 Å². The molecule has 0 spiro atoms. The Balaban J connectivity index is 2.41. The molecule has 0 N–H and O–H groups in total. The van der Waals surface area contributed by atoms with Gasteiger partial charge in [-0.3, -0.25) is 9.59 Å². The second-order valence-corrected chi connectivity index (χ2v) is 5.82. The van der Waals surface area contributed by atoms with E-state index in [4.69, 9.17) is 4.74 Å². The third-order valence-electron chi connectivity index (χ3n) is 3.94. The van der Waals surface area contributed by atoms with E-state index in [-0.39, 0.29) is 17.3 Å². The predicted octanol–water partition coefficient (Wildman–Crippen LogP) is 4.64. The third-order valence-corrected chi connectivity index (χ3v) is 3.94. The van der Waals surface area contributed by atoms with Gasteiger partial charge in [0.2, 0.25) is 5.78 Å². The van der Waals surface area contributed by atoms with Gasteiger partial charge in [-0.25, -0.2) is 0 Å². The molecule has 0 amide bonds. The number of ketones is 2. The maximum Gasteiger partial charge on any atom is 0.228 e. The highest BCUT2D eigenvalue weighted by atomic mass is 16.5. The SMILES string of the molecule is CCCCOC1=C(CCCC)C(=O)c2cc(C)ccc2C1=O. The van der Waals surface area contributed by atoms with Crippen molar-refractivity contribution in [3.05, 3.63) is 46.2 Å². The number of benzene rings is 1. The van der Waals surface area contributed by atoms with Crippen molar-refractivity contribution in [3.8, 4) is 0 Å². The summed E-state index contributed by atoms with van der Waals surface area (Å²) in [6.07, 6.45) is 4.35. The van der Waals surface area contributed by atoms with Crippen LogP contribution >= 0.6 is 0 Å². The Hall–Kier alpha value is -1.90. The summed E-state index contributed by atoms with van der Waals surface area (Å²) in [4.78, 5) is 25.5. The Morgan fingerprint density at radius 1 is 0.955 bits per heavy atom. The van der Waals surface area contributed by atoms with Crippen molar-refractivity contribution >= 4 is 11.6 Å². The van der Waals surface area contributed by atoms with Gasteiger partial charge in [-0.15, -0.1) is 0 Å². The lowest BCUT2D eigenvalue weighted by atomic mass is 9.85. The smallest absolute Gasteiger partial charge is 0.228 e. The molecular formula is C19H24O3. The lowest BCUT2D eigenvalue weighted by Crippen LogP contribution is -2.24. The Morgan fingerprint density at radius 3 is 2.36 bits per heavy atom. The first kappa shape index (κ1) is 16.5. The fourth-order valence-electron chi connectivity index (χ4n) is 2.62. The van der Waals surface area contributed by atoms with Gasteiger partial charge in [0.1, 0.15) is 0 Å². The van der Waals surface area contributed by atoms with Gasteiger partial charge in [-0.2, -0.15) is 0 Å². The molecule has 1 aliphatic rings. The molecule has 2 rings (SSSR count). The zero-order chi connectivity index (χ0) is 16.1.